The van der Waals surface area contributed by atoms with Crippen molar-refractivity contribution in [2.75, 3.05) is 19.7 Å². The number of rotatable bonds is 3. The van der Waals surface area contributed by atoms with Crippen LogP contribution < -0.4 is 10.1 Å². The highest BCUT2D eigenvalue weighted by atomic mass is 79.9. The van der Waals surface area contributed by atoms with Gasteiger partial charge in [0, 0.05) is 0 Å². The lowest BCUT2D eigenvalue weighted by Crippen LogP contribution is -2.46. The first kappa shape index (κ1) is 12.8. The summed E-state index contributed by atoms with van der Waals surface area (Å²) in [7, 11) is 0. The van der Waals surface area contributed by atoms with Gasteiger partial charge in [-0.3, -0.25) is 0 Å². The van der Waals surface area contributed by atoms with Crippen LogP contribution in [0.3, 0.4) is 0 Å². The second-order valence-corrected chi connectivity index (χ2v) is 5.19. The lowest BCUT2D eigenvalue weighted by Gasteiger charge is -2.32. The number of benzene rings is 1. The molecule has 3 nitrogen and oxygen atoms in total. The molecule has 0 bridgehead atoms. The third kappa shape index (κ3) is 3.40. The monoisotopic (exact) mass is 303 g/mol. The van der Waals surface area contributed by atoms with Crippen LogP contribution in [0.25, 0.3) is 0 Å². The summed E-state index contributed by atoms with van der Waals surface area (Å²) in [5.74, 6) is 0.239. The Bertz CT molecular complexity index is 394. The highest BCUT2D eigenvalue weighted by Crippen LogP contribution is 2.27. The Labute approximate surface area is 108 Å². The first-order valence-corrected chi connectivity index (χ1v) is 6.39. The average Bonchev–Trinajstić information content (AvgIpc) is 2.29. The Morgan fingerprint density at radius 1 is 1.41 bits per heavy atom. The Morgan fingerprint density at radius 2 is 2.12 bits per heavy atom. The third-order valence-corrected chi connectivity index (χ3v) is 3.54. The molecule has 0 saturated carbocycles. The van der Waals surface area contributed by atoms with E-state index in [0.717, 1.165) is 13.1 Å². The van der Waals surface area contributed by atoms with Gasteiger partial charge in [-0.1, -0.05) is 0 Å². The zero-order valence-corrected chi connectivity index (χ0v) is 11.0. The highest BCUT2D eigenvalue weighted by Gasteiger charge is 2.30. The molecule has 1 fully saturated rings. The number of piperidine rings is 1. The van der Waals surface area contributed by atoms with Crippen LogP contribution in [0.5, 0.6) is 5.75 Å². The van der Waals surface area contributed by atoms with Gasteiger partial charge in [-0.2, -0.15) is 0 Å². The lowest BCUT2D eigenvalue weighted by molar-refractivity contribution is -0.0287. The summed E-state index contributed by atoms with van der Waals surface area (Å²) < 4.78 is 19.0. The van der Waals surface area contributed by atoms with Crippen molar-refractivity contribution in [1.82, 2.24) is 5.32 Å². The molecule has 0 radical (unpaired) electrons. The van der Waals surface area contributed by atoms with Crippen LogP contribution >= 0.6 is 15.9 Å². The molecule has 0 atom stereocenters. The zero-order chi connectivity index (χ0) is 12.3. The molecule has 0 aromatic heterocycles. The van der Waals surface area contributed by atoms with Gasteiger partial charge in [0.2, 0.25) is 0 Å². The topological polar surface area (TPSA) is 41.5 Å². The van der Waals surface area contributed by atoms with Gasteiger partial charge in [0.15, 0.2) is 0 Å². The Balaban J connectivity index is 1.97. The number of ether oxygens (including phenoxy) is 1. The van der Waals surface area contributed by atoms with Crippen molar-refractivity contribution in [2.24, 2.45) is 0 Å². The second-order valence-electron chi connectivity index (χ2n) is 4.34. The number of hydrogen-bond donors (Lipinski definition) is 2. The van der Waals surface area contributed by atoms with Gasteiger partial charge in [-0.15, -0.1) is 0 Å². The third-order valence-electron chi connectivity index (χ3n) is 2.92. The number of hydrogen-bond acceptors (Lipinski definition) is 3. The smallest absolute Gasteiger partial charge is 0.133 e. The molecule has 0 spiro atoms. The zero-order valence-electron chi connectivity index (χ0n) is 9.38. The standard InChI is InChI=1S/C12H15BrFNO2/c13-10-7-9(14)1-2-11(10)17-8-12(16)3-5-15-6-4-12/h1-2,7,15-16H,3-6,8H2. The van der Waals surface area contributed by atoms with Gasteiger partial charge in [-0.25, -0.2) is 4.39 Å². The molecule has 1 aliphatic rings. The van der Waals surface area contributed by atoms with Crippen LogP contribution in [-0.4, -0.2) is 30.4 Å². The van der Waals surface area contributed by atoms with E-state index in [1.807, 2.05) is 0 Å². The fraction of sp³-hybridized carbons (Fsp3) is 0.500. The van der Waals surface area contributed by atoms with Gasteiger partial charge in [0.25, 0.3) is 0 Å². The first-order valence-electron chi connectivity index (χ1n) is 5.60. The molecule has 2 N–H and O–H groups in total. The molecule has 1 saturated heterocycles. The van der Waals surface area contributed by atoms with Crippen LogP contribution in [0.1, 0.15) is 12.8 Å². The van der Waals surface area contributed by atoms with Crippen LogP contribution in [0.15, 0.2) is 22.7 Å². The van der Waals surface area contributed by atoms with E-state index in [9.17, 15) is 9.50 Å². The largest absolute Gasteiger partial charge is 0.489 e. The summed E-state index contributed by atoms with van der Waals surface area (Å²) in [6.07, 6.45) is 1.34. The molecule has 94 valence electrons. The number of nitrogens with one attached hydrogen (secondary N) is 1. The van der Waals surface area contributed by atoms with Crippen molar-refractivity contribution >= 4 is 15.9 Å². The normalized spacial score (nSPS) is 19.0. The van der Waals surface area contributed by atoms with Crippen molar-refractivity contribution in [3.63, 3.8) is 0 Å². The Hall–Kier alpha value is -0.650. The Morgan fingerprint density at radius 3 is 2.76 bits per heavy atom. The predicted molar refractivity (Wildman–Crippen MR) is 66.6 cm³/mol. The molecular formula is C12H15BrFNO2. The predicted octanol–water partition coefficient (Wildman–Crippen LogP) is 2.08. The summed E-state index contributed by atoms with van der Waals surface area (Å²) in [4.78, 5) is 0. The maximum Gasteiger partial charge on any atom is 0.133 e. The van der Waals surface area contributed by atoms with Gasteiger partial charge in [-0.05, 0) is 60.1 Å². The van der Waals surface area contributed by atoms with Crippen molar-refractivity contribution < 1.29 is 14.2 Å². The van der Waals surface area contributed by atoms with Crippen molar-refractivity contribution in [3.05, 3.63) is 28.5 Å². The molecular weight excluding hydrogens is 289 g/mol. The summed E-state index contributed by atoms with van der Waals surface area (Å²) in [5, 5.41) is 13.4. The van der Waals surface area contributed by atoms with E-state index in [0.29, 0.717) is 23.1 Å². The molecule has 2 rings (SSSR count). The van der Waals surface area contributed by atoms with E-state index >= 15 is 0 Å². The molecule has 0 aliphatic carbocycles. The maximum absolute atomic E-state index is 12.9. The first-order chi connectivity index (χ1) is 8.09. The Kier molecular flexibility index (Phi) is 4.01. The van der Waals surface area contributed by atoms with Crippen LogP contribution in [0.2, 0.25) is 0 Å². The minimum Gasteiger partial charge on any atom is -0.489 e. The summed E-state index contributed by atoms with van der Waals surface area (Å²) in [6.45, 7) is 1.83. The summed E-state index contributed by atoms with van der Waals surface area (Å²) in [5.41, 5.74) is -0.779. The van der Waals surface area contributed by atoms with E-state index in [-0.39, 0.29) is 12.4 Å². The van der Waals surface area contributed by atoms with E-state index in [1.54, 1.807) is 6.07 Å². The number of halogens is 2. The molecule has 1 aliphatic heterocycles. The molecule has 17 heavy (non-hydrogen) atoms. The van der Waals surface area contributed by atoms with E-state index < -0.39 is 5.60 Å². The van der Waals surface area contributed by atoms with Gasteiger partial charge < -0.3 is 15.2 Å². The summed E-state index contributed by atoms with van der Waals surface area (Å²) in [6, 6.07) is 4.25. The van der Waals surface area contributed by atoms with E-state index in [1.165, 1.54) is 12.1 Å². The summed E-state index contributed by atoms with van der Waals surface area (Å²) >= 11 is 3.23. The fourth-order valence-electron chi connectivity index (χ4n) is 1.84. The van der Waals surface area contributed by atoms with E-state index in [2.05, 4.69) is 21.2 Å². The molecule has 0 amide bonds. The maximum atomic E-state index is 12.9. The van der Waals surface area contributed by atoms with E-state index in [4.69, 9.17) is 4.74 Å². The minimum atomic E-state index is -0.779. The quantitative estimate of drug-likeness (QED) is 0.898. The lowest BCUT2D eigenvalue weighted by atomic mass is 9.94. The minimum absolute atomic E-state index is 0.235. The molecule has 0 unspecified atom stereocenters. The second kappa shape index (κ2) is 5.33. The van der Waals surface area contributed by atoms with Crippen molar-refractivity contribution in [3.8, 4) is 5.75 Å². The van der Waals surface area contributed by atoms with Gasteiger partial charge in [0.05, 0.1) is 4.47 Å². The molecule has 1 heterocycles. The van der Waals surface area contributed by atoms with Crippen LogP contribution in [0.4, 0.5) is 4.39 Å². The highest BCUT2D eigenvalue weighted by molar-refractivity contribution is 9.10. The molecule has 1 aromatic carbocycles. The number of aliphatic hydroxyl groups is 1. The molecule has 1 aromatic rings. The fourth-order valence-corrected chi connectivity index (χ4v) is 2.31. The van der Waals surface area contributed by atoms with Crippen LogP contribution in [-0.2, 0) is 0 Å². The molecule has 5 heteroatoms. The van der Waals surface area contributed by atoms with Crippen molar-refractivity contribution in [1.29, 1.82) is 0 Å². The van der Waals surface area contributed by atoms with Gasteiger partial charge >= 0.3 is 0 Å². The average molecular weight is 304 g/mol. The SMILES string of the molecule is OC1(COc2ccc(F)cc2Br)CCNCC1. The van der Waals surface area contributed by atoms with Gasteiger partial charge in [0.1, 0.15) is 23.8 Å². The van der Waals surface area contributed by atoms with Crippen molar-refractivity contribution in [2.45, 2.75) is 18.4 Å². The van der Waals surface area contributed by atoms with Crippen LogP contribution in [0, 0.1) is 5.82 Å².